The minimum atomic E-state index is 0.671. The SMILES string of the molecule is N#Cc1cccc(-c2c(-c3ccccc3)cccc2-c2ccccc2)c1. The molecule has 0 spiro atoms. The Bertz CT molecular complexity index is 1020. The van der Waals surface area contributed by atoms with E-state index in [0.717, 1.165) is 11.1 Å². The summed E-state index contributed by atoms with van der Waals surface area (Å²) in [5.41, 5.74) is 7.56. The Morgan fingerprint density at radius 1 is 0.500 bits per heavy atom. The van der Waals surface area contributed by atoms with Crippen LogP contribution in [0.25, 0.3) is 33.4 Å². The largest absolute Gasteiger partial charge is 0.192 e. The average molecular weight is 331 g/mol. The van der Waals surface area contributed by atoms with Crippen molar-refractivity contribution in [2.75, 3.05) is 0 Å². The van der Waals surface area contributed by atoms with Crippen LogP contribution in [0.4, 0.5) is 0 Å². The molecule has 0 saturated carbocycles. The second-order valence-corrected chi connectivity index (χ2v) is 6.15. The molecule has 0 aliphatic rings. The van der Waals surface area contributed by atoms with Gasteiger partial charge in [0.15, 0.2) is 0 Å². The Morgan fingerprint density at radius 2 is 1.00 bits per heavy atom. The summed E-state index contributed by atoms with van der Waals surface area (Å²) in [5.74, 6) is 0. The molecule has 0 amide bonds. The summed E-state index contributed by atoms with van der Waals surface area (Å²) in [6, 6.07) is 37.3. The molecule has 0 aliphatic carbocycles. The molecule has 0 bridgehead atoms. The van der Waals surface area contributed by atoms with E-state index in [2.05, 4.69) is 78.9 Å². The second kappa shape index (κ2) is 7.09. The van der Waals surface area contributed by atoms with E-state index in [4.69, 9.17) is 0 Å². The predicted octanol–water partition coefficient (Wildman–Crippen LogP) is 6.56. The maximum atomic E-state index is 9.33. The van der Waals surface area contributed by atoms with Gasteiger partial charge in [-0.2, -0.15) is 5.26 Å². The molecule has 0 saturated heterocycles. The highest BCUT2D eigenvalue weighted by Crippen LogP contribution is 2.40. The van der Waals surface area contributed by atoms with Gasteiger partial charge in [-0.15, -0.1) is 0 Å². The first-order valence-electron chi connectivity index (χ1n) is 8.61. The van der Waals surface area contributed by atoms with Gasteiger partial charge in [-0.1, -0.05) is 91.0 Å². The van der Waals surface area contributed by atoms with Crippen molar-refractivity contribution in [1.82, 2.24) is 0 Å². The molecule has 0 aliphatic heterocycles. The van der Waals surface area contributed by atoms with E-state index in [1.54, 1.807) is 0 Å². The lowest BCUT2D eigenvalue weighted by Crippen LogP contribution is -1.91. The van der Waals surface area contributed by atoms with Gasteiger partial charge in [-0.25, -0.2) is 0 Å². The van der Waals surface area contributed by atoms with Crippen LogP contribution >= 0.6 is 0 Å². The molecule has 4 aromatic carbocycles. The van der Waals surface area contributed by atoms with E-state index >= 15 is 0 Å². The molecule has 0 atom stereocenters. The Balaban J connectivity index is 2.04. The molecule has 122 valence electrons. The van der Waals surface area contributed by atoms with Crippen molar-refractivity contribution < 1.29 is 0 Å². The van der Waals surface area contributed by atoms with Gasteiger partial charge in [0.1, 0.15) is 0 Å². The number of nitrogens with zero attached hydrogens (tertiary/aromatic N) is 1. The molecular weight excluding hydrogens is 314 g/mol. The van der Waals surface area contributed by atoms with E-state index in [1.807, 2.05) is 30.3 Å². The molecule has 0 radical (unpaired) electrons. The van der Waals surface area contributed by atoms with Crippen LogP contribution in [-0.4, -0.2) is 0 Å². The third-order valence-electron chi connectivity index (χ3n) is 4.51. The zero-order valence-corrected chi connectivity index (χ0v) is 14.3. The topological polar surface area (TPSA) is 23.8 Å². The van der Waals surface area contributed by atoms with Crippen LogP contribution in [0.5, 0.6) is 0 Å². The van der Waals surface area contributed by atoms with Gasteiger partial charge in [-0.3, -0.25) is 0 Å². The van der Waals surface area contributed by atoms with Gasteiger partial charge in [0, 0.05) is 0 Å². The van der Waals surface area contributed by atoms with Crippen LogP contribution in [0, 0.1) is 11.3 Å². The molecule has 1 heteroatoms. The van der Waals surface area contributed by atoms with E-state index in [0.29, 0.717) is 5.56 Å². The molecular formula is C25H17N. The highest BCUT2D eigenvalue weighted by molar-refractivity contribution is 5.94. The van der Waals surface area contributed by atoms with Gasteiger partial charge < -0.3 is 0 Å². The molecule has 1 nitrogen and oxygen atoms in total. The Hall–Kier alpha value is -3.63. The van der Waals surface area contributed by atoms with Crippen molar-refractivity contribution in [3.05, 3.63) is 109 Å². The van der Waals surface area contributed by atoms with Crippen LogP contribution < -0.4 is 0 Å². The molecule has 26 heavy (non-hydrogen) atoms. The van der Waals surface area contributed by atoms with E-state index in [-0.39, 0.29) is 0 Å². The van der Waals surface area contributed by atoms with Crippen molar-refractivity contribution in [2.24, 2.45) is 0 Å². The summed E-state index contributed by atoms with van der Waals surface area (Å²) in [6.07, 6.45) is 0. The van der Waals surface area contributed by atoms with Gasteiger partial charge >= 0.3 is 0 Å². The normalized spacial score (nSPS) is 10.3. The zero-order valence-electron chi connectivity index (χ0n) is 14.3. The lowest BCUT2D eigenvalue weighted by Gasteiger charge is -2.16. The summed E-state index contributed by atoms with van der Waals surface area (Å²) >= 11 is 0. The minimum Gasteiger partial charge on any atom is -0.192 e. The summed E-state index contributed by atoms with van der Waals surface area (Å²) < 4.78 is 0. The van der Waals surface area contributed by atoms with Crippen LogP contribution in [0.1, 0.15) is 5.56 Å². The highest BCUT2D eigenvalue weighted by atomic mass is 14.2. The average Bonchev–Trinajstić information content (AvgIpc) is 2.74. The summed E-state index contributed by atoms with van der Waals surface area (Å²) in [7, 11) is 0. The third-order valence-corrected chi connectivity index (χ3v) is 4.51. The number of nitriles is 1. The van der Waals surface area contributed by atoms with Crippen molar-refractivity contribution in [1.29, 1.82) is 5.26 Å². The summed E-state index contributed by atoms with van der Waals surface area (Å²) in [4.78, 5) is 0. The van der Waals surface area contributed by atoms with Gasteiger partial charge in [0.2, 0.25) is 0 Å². The zero-order chi connectivity index (χ0) is 17.8. The number of hydrogen-bond acceptors (Lipinski definition) is 1. The first-order valence-corrected chi connectivity index (χ1v) is 8.61. The molecule has 0 fully saturated rings. The smallest absolute Gasteiger partial charge is 0.0991 e. The first-order chi connectivity index (χ1) is 12.9. The van der Waals surface area contributed by atoms with Gasteiger partial charge in [0.25, 0.3) is 0 Å². The molecule has 4 aromatic rings. The maximum Gasteiger partial charge on any atom is 0.0991 e. The van der Waals surface area contributed by atoms with Crippen molar-refractivity contribution >= 4 is 0 Å². The lowest BCUT2D eigenvalue weighted by molar-refractivity contribution is 1.48. The van der Waals surface area contributed by atoms with Gasteiger partial charge in [0.05, 0.1) is 11.6 Å². The van der Waals surface area contributed by atoms with Gasteiger partial charge in [-0.05, 0) is 45.5 Å². The monoisotopic (exact) mass is 331 g/mol. The molecule has 4 rings (SSSR count). The number of benzene rings is 4. The lowest BCUT2D eigenvalue weighted by atomic mass is 9.87. The first kappa shape index (κ1) is 15.9. The summed E-state index contributed by atoms with van der Waals surface area (Å²) in [6.45, 7) is 0. The Kier molecular flexibility index (Phi) is 4.33. The van der Waals surface area contributed by atoms with Crippen LogP contribution in [0.2, 0.25) is 0 Å². The molecule has 0 N–H and O–H groups in total. The van der Waals surface area contributed by atoms with Crippen molar-refractivity contribution in [2.45, 2.75) is 0 Å². The fourth-order valence-corrected chi connectivity index (χ4v) is 3.32. The molecule has 0 aromatic heterocycles. The van der Waals surface area contributed by atoms with Crippen LogP contribution in [-0.2, 0) is 0 Å². The fourth-order valence-electron chi connectivity index (χ4n) is 3.32. The maximum absolute atomic E-state index is 9.33. The molecule has 0 unspecified atom stereocenters. The van der Waals surface area contributed by atoms with Crippen LogP contribution in [0.15, 0.2) is 103 Å². The summed E-state index contributed by atoms with van der Waals surface area (Å²) in [5, 5.41) is 9.33. The fraction of sp³-hybridized carbons (Fsp3) is 0. The standard InChI is InChI=1S/C25H17N/c26-18-19-9-7-14-22(17-19)25-23(20-10-3-1-4-11-20)15-8-16-24(25)21-12-5-2-6-13-21/h1-17H. The van der Waals surface area contributed by atoms with E-state index in [9.17, 15) is 5.26 Å². The third kappa shape index (κ3) is 3.01. The minimum absolute atomic E-state index is 0.671. The highest BCUT2D eigenvalue weighted by Gasteiger charge is 2.14. The Morgan fingerprint density at radius 3 is 1.54 bits per heavy atom. The van der Waals surface area contributed by atoms with Crippen molar-refractivity contribution in [3.8, 4) is 39.4 Å². The van der Waals surface area contributed by atoms with Crippen LogP contribution in [0.3, 0.4) is 0 Å². The number of hydrogen-bond donors (Lipinski definition) is 0. The van der Waals surface area contributed by atoms with E-state index < -0.39 is 0 Å². The predicted molar refractivity (Wildman–Crippen MR) is 107 cm³/mol. The number of rotatable bonds is 3. The van der Waals surface area contributed by atoms with Crippen molar-refractivity contribution in [3.63, 3.8) is 0 Å². The Labute approximate surface area is 153 Å². The van der Waals surface area contributed by atoms with E-state index in [1.165, 1.54) is 22.3 Å². The quantitative estimate of drug-likeness (QED) is 0.417. The second-order valence-electron chi connectivity index (χ2n) is 6.15. The molecule has 0 heterocycles.